The highest BCUT2D eigenvalue weighted by Crippen LogP contribution is 2.27. The average molecular weight is 395 g/mol. The zero-order valence-electron chi connectivity index (χ0n) is 16.4. The van der Waals surface area contributed by atoms with Gasteiger partial charge in [0.05, 0.1) is 10.9 Å². The van der Waals surface area contributed by atoms with E-state index in [1.807, 2.05) is 12.1 Å². The number of halogens is 1. The van der Waals surface area contributed by atoms with Crippen molar-refractivity contribution in [2.45, 2.75) is 25.3 Å². The fourth-order valence-corrected chi connectivity index (χ4v) is 3.87. The molecule has 152 valence electrons. The summed E-state index contributed by atoms with van der Waals surface area (Å²) in [6.07, 6.45) is 1.99. The van der Waals surface area contributed by atoms with Crippen LogP contribution in [0.1, 0.15) is 24.3 Å². The van der Waals surface area contributed by atoms with E-state index in [0.717, 1.165) is 25.9 Å². The first-order chi connectivity index (χ1) is 14.1. The molecule has 1 N–H and O–H groups in total. The number of H-pyrrole nitrogens is 1. The fraction of sp³-hybridized carbons (Fsp3) is 0.304. The van der Waals surface area contributed by atoms with Crippen LogP contribution in [0.15, 0.2) is 71.3 Å². The average Bonchev–Trinajstić information content (AvgIpc) is 2.76. The summed E-state index contributed by atoms with van der Waals surface area (Å²) in [6, 6.07) is 13.8. The maximum absolute atomic E-state index is 13.1. The van der Waals surface area contributed by atoms with Gasteiger partial charge in [0, 0.05) is 13.1 Å². The summed E-state index contributed by atoms with van der Waals surface area (Å²) in [5.74, 6) is 0.232. The molecule has 0 bridgehead atoms. The van der Waals surface area contributed by atoms with Gasteiger partial charge in [-0.05, 0) is 61.7 Å². The van der Waals surface area contributed by atoms with Crippen molar-refractivity contribution in [2.24, 2.45) is 0 Å². The van der Waals surface area contributed by atoms with Gasteiger partial charge >= 0.3 is 5.69 Å². The number of rotatable bonds is 4. The van der Waals surface area contributed by atoms with E-state index in [4.69, 9.17) is 0 Å². The van der Waals surface area contributed by atoms with Gasteiger partial charge in [-0.15, -0.1) is 13.2 Å². The summed E-state index contributed by atoms with van der Waals surface area (Å²) >= 11 is 0. The van der Waals surface area contributed by atoms with Gasteiger partial charge in [0.15, 0.2) is 0 Å². The van der Waals surface area contributed by atoms with Crippen molar-refractivity contribution in [3.8, 4) is 0 Å². The fourth-order valence-electron chi connectivity index (χ4n) is 3.87. The number of aromatic nitrogens is 2. The Kier molecular flexibility index (Phi) is 6.77. The van der Waals surface area contributed by atoms with E-state index in [9.17, 15) is 14.0 Å². The van der Waals surface area contributed by atoms with E-state index in [1.54, 1.807) is 24.3 Å². The highest BCUT2D eigenvalue weighted by Gasteiger charge is 2.20. The molecule has 2 aromatic carbocycles. The third-order valence-electron chi connectivity index (χ3n) is 5.46. The maximum atomic E-state index is 13.1. The topological polar surface area (TPSA) is 58.1 Å². The van der Waals surface area contributed by atoms with Gasteiger partial charge in [-0.2, -0.15) is 0 Å². The largest absolute Gasteiger partial charge is 0.328 e. The SMILES string of the molecule is C=C.O=c1[nH]c2ccccc2c(=O)n1CCN1CCC(c2ccc(F)cc2)CC1. The summed E-state index contributed by atoms with van der Waals surface area (Å²) < 4.78 is 14.4. The molecule has 1 aliphatic rings. The van der Waals surface area contributed by atoms with Crippen molar-refractivity contribution >= 4 is 10.9 Å². The minimum absolute atomic E-state index is 0.206. The van der Waals surface area contributed by atoms with Gasteiger partial charge in [-0.25, -0.2) is 9.18 Å². The molecule has 0 saturated carbocycles. The zero-order valence-corrected chi connectivity index (χ0v) is 16.4. The molecule has 3 aromatic rings. The quantitative estimate of drug-likeness (QED) is 0.688. The predicted molar refractivity (Wildman–Crippen MR) is 115 cm³/mol. The molecule has 0 aliphatic carbocycles. The van der Waals surface area contributed by atoms with Gasteiger partial charge in [0.2, 0.25) is 0 Å². The monoisotopic (exact) mass is 395 g/mol. The van der Waals surface area contributed by atoms with Crippen LogP contribution in [0, 0.1) is 5.82 Å². The molecule has 1 fully saturated rings. The Morgan fingerprint density at radius 3 is 2.31 bits per heavy atom. The van der Waals surface area contributed by atoms with Gasteiger partial charge in [-0.3, -0.25) is 9.36 Å². The van der Waals surface area contributed by atoms with E-state index >= 15 is 0 Å². The molecule has 5 nitrogen and oxygen atoms in total. The molecular weight excluding hydrogens is 369 g/mol. The molecular formula is C23H26FN3O2. The van der Waals surface area contributed by atoms with Crippen molar-refractivity contribution in [1.82, 2.24) is 14.5 Å². The molecule has 1 aromatic heterocycles. The first-order valence-electron chi connectivity index (χ1n) is 9.81. The molecule has 4 rings (SSSR count). The Morgan fingerprint density at radius 2 is 1.62 bits per heavy atom. The third kappa shape index (κ3) is 4.71. The highest BCUT2D eigenvalue weighted by molar-refractivity contribution is 5.76. The number of hydrogen-bond donors (Lipinski definition) is 1. The second-order valence-corrected chi connectivity index (χ2v) is 7.10. The number of piperidine rings is 1. The maximum Gasteiger partial charge on any atom is 0.328 e. The number of benzene rings is 2. The van der Waals surface area contributed by atoms with Crippen LogP contribution < -0.4 is 11.2 Å². The second kappa shape index (κ2) is 9.47. The molecule has 29 heavy (non-hydrogen) atoms. The Labute approximate surface area is 169 Å². The van der Waals surface area contributed by atoms with Crippen molar-refractivity contribution in [3.63, 3.8) is 0 Å². The van der Waals surface area contributed by atoms with Crippen LogP contribution in [0.3, 0.4) is 0 Å². The van der Waals surface area contributed by atoms with Crippen LogP contribution in [-0.4, -0.2) is 34.1 Å². The Bertz CT molecular complexity index is 1060. The number of nitrogens with one attached hydrogen (secondary N) is 1. The number of aromatic amines is 1. The summed E-state index contributed by atoms with van der Waals surface area (Å²) in [5.41, 5.74) is 1.15. The first kappa shape index (κ1) is 20.7. The summed E-state index contributed by atoms with van der Waals surface area (Å²) in [5, 5.41) is 0.534. The predicted octanol–water partition coefficient (Wildman–Crippen LogP) is 3.51. The van der Waals surface area contributed by atoms with Crippen molar-refractivity contribution < 1.29 is 4.39 Å². The number of para-hydroxylation sites is 1. The van der Waals surface area contributed by atoms with E-state index in [-0.39, 0.29) is 17.1 Å². The smallest absolute Gasteiger partial charge is 0.307 e. The van der Waals surface area contributed by atoms with Crippen molar-refractivity contribution in [2.75, 3.05) is 19.6 Å². The Hall–Kier alpha value is -2.99. The highest BCUT2D eigenvalue weighted by atomic mass is 19.1. The summed E-state index contributed by atoms with van der Waals surface area (Å²) in [7, 11) is 0. The minimum Gasteiger partial charge on any atom is -0.307 e. The molecule has 0 atom stereocenters. The molecule has 1 saturated heterocycles. The van der Waals surface area contributed by atoms with Gasteiger partial charge in [0.1, 0.15) is 5.82 Å². The van der Waals surface area contributed by atoms with Gasteiger partial charge in [0.25, 0.3) is 5.56 Å². The lowest BCUT2D eigenvalue weighted by Gasteiger charge is -2.32. The molecule has 0 radical (unpaired) electrons. The van der Waals surface area contributed by atoms with Crippen molar-refractivity contribution in [1.29, 1.82) is 0 Å². The normalized spacial score (nSPS) is 15.1. The number of likely N-dealkylation sites (tertiary alicyclic amines) is 1. The standard InChI is InChI=1S/C21H22FN3O2.C2H4/c22-17-7-5-15(6-8-17)16-9-11-24(12-10-16)13-14-25-20(26)18-3-1-2-4-19(18)23-21(25)27;1-2/h1-8,16H,9-14H2,(H,23,27);1-2H2. The summed E-state index contributed by atoms with van der Waals surface area (Å²) in [4.78, 5) is 29.9. The number of nitrogens with zero attached hydrogens (tertiary/aromatic N) is 2. The van der Waals surface area contributed by atoms with Crippen LogP contribution in [0.5, 0.6) is 0 Å². The molecule has 0 unspecified atom stereocenters. The lowest BCUT2D eigenvalue weighted by molar-refractivity contribution is 0.204. The molecule has 2 heterocycles. The lowest BCUT2D eigenvalue weighted by atomic mass is 9.89. The van der Waals surface area contributed by atoms with E-state index in [0.29, 0.717) is 29.9 Å². The number of hydrogen-bond acceptors (Lipinski definition) is 3. The molecule has 0 spiro atoms. The zero-order chi connectivity index (χ0) is 20.8. The lowest BCUT2D eigenvalue weighted by Crippen LogP contribution is -2.41. The number of fused-ring (bicyclic) bond motifs is 1. The second-order valence-electron chi connectivity index (χ2n) is 7.10. The van der Waals surface area contributed by atoms with Gasteiger partial charge in [-0.1, -0.05) is 24.3 Å². The van der Waals surface area contributed by atoms with Crippen molar-refractivity contribution in [3.05, 3.63) is 93.9 Å². The van der Waals surface area contributed by atoms with Crippen LogP contribution in [0.2, 0.25) is 0 Å². The van der Waals surface area contributed by atoms with E-state index in [1.165, 1.54) is 22.3 Å². The molecule has 6 heteroatoms. The molecule has 1 aliphatic heterocycles. The van der Waals surface area contributed by atoms with Crippen LogP contribution in [0.25, 0.3) is 10.9 Å². The van der Waals surface area contributed by atoms with Gasteiger partial charge < -0.3 is 9.88 Å². The van der Waals surface area contributed by atoms with Crippen LogP contribution >= 0.6 is 0 Å². The third-order valence-corrected chi connectivity index (χ3v) is 5.46. The van der Waals surface area contributed by atoms with E-state index < -0.39 is 0 Å². The first-order valence-corrected chi connectivity index (χ1v) is 9.81. The molecule has 0 amide bonds. The van der Waals surface area contributed by atoms with E-state index in [2.05, 4.69) is 23.0 Å². The van der Waals surface area contributed by atoms with Crippen LogP contribution in [-0.2, 0) is 6.54 Å². The Balaban J connectivity index is 0.00000117. The minimum atomic E-state index is -0.361. The van der Waals surface area contributed by atoms with Crippen LogP contribution in [0.4, 0.5) is 4.39 Å². The Morgan fingerprint density at radius 1 is 0.966 bits per heavy atom. The summed E-state index contributed by atoms with van der Waals surface area (Å²) in [6.45, 7) is 8.85.